The van der Waals surface area contributed by atoms with Gasteiger partial charge in [0.15, 0.2) is 0 Å². The van der Waals surface area contributed by atoms with Crippen LogP contribution in [0.1, 0.15) is 20.8 Å². The smallest absolute Gasteiger partial charge is 0.0278 e. The number of nitrogens with one attached hydrogen (secondary N) is 1. The summed E-state index contributed by atoms with van der Waals surface area (Å²) in [4.78, 5) is 5.30. The van der Waals surface area contributed by atoms with Crippen molar-refractivity contribution in [1.82, 2.24) is 10.3 Å². The minimum atomic E-state index is 0.300. The molecule has 0 amide bonds. The molecular formula is C12H20N2S. The zero-order chi connectivity index (χ0) is 11.3. The van der Waals surface area contributed by atoms with Gasteiger partial charge in [0.05, 0.1) is 0 Å². The lowest BCUT2D eigenvalue weighted by Crippen LogP contribution is -2.40. The van der Waals surface area contributed by atoms with Gasteiger partial charge in [0.2, 0.25) is 0 Å². The van der Waals surface area contributed by atoms with Crippen molar-refractivity contribution in [3.8, 4) is 0 Å². The molecule has 0 aliphatic rings. The third-order valence-electron chi connectivity index (χ3n) is 2.46. The van der Waals surface area contributed by atoms with Gasteiger partial charge in [-0.1, -0.05) is 20.8 Å². The average molecular weight is 224 g/mol. The van der Waals surface area contributed by atoms with Gasteiger partial charge < -0.3 is 5.32 Å². The summed E-state index contributed by atoms with van der Waals surface area (Å²) in [5.74, 6) is 1.09. The van der Waals surface area contributed by atoms with Crippen LogP contribution in [-0.2, 0) is 0 Å². The van der Waals surface area contributed by atoms with Crippen LogP contribution in [-0.4, -0.2) is 23.8 Å². The minimum absolute atomic E-state index is 0.300. The van der Waals surface area contributed by atoms with E-state index in [-0.39, 0.29) is 0 Å². The Bertz CT molecular complexity index is 279. The van der Waals surface area contributed by atoms with Crippen molar-refractivity contribution in [2.24, 2.45) is 5.41 Å². The van der Waals surface area contributed by atoms with Crippen molar-refractivity contribution >= 4 is 11.8 Å². The number of aromatic nitrogens is 1. The van der Waals surface area contributed by atoms with Gasteiger partial charge in [0.1, 0.15) is 0 Å². The highest BCUT2D eigenvalue weighted by atomic mass is 32.2. The van der Waals surface area contributed by atoms with E-state index in [2.05, 4.69) is 43.2 Å². The van der Waals surface area contributed by atoms with Gasteiger partial charge in [0.25, 0.3) is 0 Å². The fraction of sp³-hybridized carbons (Fsp3) is 0.583. The molecule has 0 saturated heterocycles. The molecule has 1 aromatic rings. The van der Waals surface area contributed by atoms with Gasteiger partial charge >= 0.3 is 0 Å². The number of hydrogen-bond acceptors (Lipinski definition) is 3. The summed E-state index contributed by atoms with van der Waals surface area (Å²) in [6.07, 6.45) is 3.68. The summed E-state index contributed by atoms with van der Waals surface area (Å²) >= 11 is 1.88. The number of pyridine rings is 1. The standard InChI is InChI=1S/C12H20N2S/c1-12(2,3)11(13-4)9-15-10-5-7-14-8-6-10/h5-8,11,13H,9H2,1-4H3. The summed E-state index contributed by atoms with van der Waals surface area (Å²) in [6, 6.07) is 4.63. The third kappa shape index (κ3) is 4.22. The number of thioether (sulfide) groups is 1. The summed E-state index contributed by atoms with van der Waals surface area (Å²) < 4.78 is 0. The van der Waals surface area contributed by atoms with E-state index in [0.717, 1.165) is 5.75 Å². The molecule has 1 aromatic heterocycles. The maximum absolute atomic E-state index is 4.01. The first-order chi connectivity index (χ1) is 7.04. The van der Waals surface area contributed by atoms with Gasteiger partial charge in [-0.3, -0.25) is 4.98 Å². The van der Waals surface area contributed by atoms with Gasteiger partial charge in [0, 0.05) is 29.1 Å². The minimum Gasteiger partial charge on any atom is -0.316 e. The van der Waals surface area contributed by atoms with E-state index in [4.69, 9.17) is 0 Å². The molecule has 0 saturated carbocycles. The predicted octanol–water partition coefficient (Wildman–Crippen LogP) is 2.81. The van der Waals surface area contributed by atoms with Crippen molar-refractivity contribution in [3.63, 3.8) is 0 Å². The van der Waals surface area contributed by atoms with Gasteiger partial charge in [-0.15, -0.1) is 11.8 Å². The summed E-state index contributed by atoms with van der Waals surface area (Å²) in [5.41, 5.74) is 0.300. The van der Waals surface area contributed by atoms with Gasteiger partial charge in [-0.25, -0.2) is 0 Å². The zero-order valence-electron chi connectivity index (χ0n) is 9.95. The topological polar surface area (TPSA) is 24.9 Å². The molecule has 1 atom stereocenters. The Morgan fingerprint density at radius 1 is 1.33 bits per heavy atom. The lowest BCUT2D eigenvalue weighted by molar-refractivity contribution is 0.305. The van der Waals surface area contributed by atoms with E-state index in [9.17, 15) is 0 Å². The number of hydrogen-bond donors (Lipinski definition) is 1. The lowest BCUT2D eigenvalue weighted by atomic mass is 9.88. The highest BCUT2D eigenvalue weighted by Crippen LogP contribution is 2.25. The second-order valence-corrected chi connectivity index (χ2v) is 5.79. The highest BCUT2D eigenvalue weighted by Gasteiger charge is 2.22. The summed E-state index contributed by atoms with van der Waals surface area (Å²) in [6.45, 7) is 6.80. The molecule has 1 N–H and O–H groups in total. The van der Waals surface area contributed by atoms with Crippen molar-refractivity contribution in [1.29, 1.82) is 0 Å². The molecule has 15 heavy (non-hydrogen) atoms. The fourth-order valence-electron chi connectivity index (χ4n) is 1.38. The van der Waals surface area contributed by atoms with Crippen molar-refractivity contribution in [3.05, 3.63) is 24.5 Å². The Morgan fingerprint density at radius 2 is 1.93 bits per heavy atom. The van der Waals surface area contributed by atoms with Gasteiger partial charge in [-0.05, 0) is 24.6 Å². The molecule has 0 spiro atoms. The van der Waals surface area contributed by atoms with Crippen LogP contribution in [0, 0.1) is 5.41 Å². The van der Waals surface area contributed by atoms with Crippen molar-refractivity contribution in [2.45, 2.75) is 31.7 Å². The number of nitrogens with zero attached hydrogens (tertiary/aromatic N) is 1. The molecule has 0 radical (unpaired) electrons. The first kappa shape index (κ1) is 12.5. The van der Waals surface area contributed by atoms with Crippen LogP contribution in [0.2, 0.25) is 0 Å². The lowest BCUT2D eigenvalue weighted by Gasteiger charge is -2.30. The normalized spacial score (nSPS) is 13.9. The molecule has 3 heteroatoms. The van der Waals surface area contributed by atoms with Crippen LogP contribution in [0.5, 0.6) is 0 Å². The van der Waals surface area contributed by atoms with Crippen LogP contribution in [0.15, 0.2) is 29.4 Å². The van der Waals surface area contributed by atoms with Crippen LogP contribution >= 0.6 is 11.8 Å². The van der Waals surface area contributed by atoms with Crippen molar-refractivity contribution in [2.75, 3.05) is 12.8 Å². The van der Waals surface area contributed by atoms with Gasteiger partial charge in [-0.2, -0.15) is 0 Å². The van der Waals surface area contributed by atoms with Crippen LogP contribution < -0.4 is 5.32 Å². The molecule has 0 bridgehead atoms. The Balaban J connectivity index is 2.49. The molecule has 0 fully saturated rings. The molecule has 0 aliphatic heterocycles. The maximum Gasteiger partial charge on any atom is 0.0278 e. The Labute approximate surface area is 96.9 Å². The Morgan fingerprint density at radius 3 is 2.40 bits per heavy atom. The van der Waals surface area contributed by atoms with E-state index in [1.54, 1.807) is 0 Å². The van der Waals surface area contributed by atoms with E-state index in [0.29, 0.717) is 11.5 Å². The monoisotopic (exact) mass is 224 g/mol. The second kappa shape index (κ2) is 5.52. The fourth-order valence-corrected chi connectivity index (χ4v) is 2.72. The van der Waals surface area contributed by atoms with E-state index >= 15 is 0 Å². The molecule has 2 nitrogen and oxygen atoms in total. The van der Waals surface area contributed by atoms with Crippen LogP contribution in [0.25, 0.3) is 0 Å². The molecule has 84 valence electrons. The first-order valence-corrected chi connectivity index (χ1v) is 6.22. The molecule has 0 aliphatic carbocycles. The predicted molar refractivity (Wildman–Crippen MR) is 67.3 cm³/mol. The molecule has 1 heterocycles. The summed E-state index contributed by atoms with van der Waals surface area (Å²) in [5, 5.41) is 3.38. The zero-order valence-corrected chi connectivity index (χ0v) is 10.8. The van der Waals surface area contributed by atoms with E-state index in [1.165, 1.54) is 4.90 Å². The van der Waals surface area contributed by atoms with E-state index < -0.39 is 0 Å². The molecule has 1 rings (SSSR count). The molecule has 0 aromatic carbocycles. The quantitative estimate of drug-likeness (QED) is 0.796. The van der Waals surface area contributed by atoms with Crippen LogP contribution in [0.4, 0.5) is 0 Å². The van der Waals surface area contributed by atoms with E-state index in [1.807, 2.05) is 31.2 Å². The molecule has 1 unspecified atom stereocenters. The average Bonchev–Trinajstić information content (AvgIpc) is 2.18. The third-order valence-corrected chi connectivity index (χ3v) is 3.57. The Kier molecular flexibility index (Phi) is 4.61. The summed E-state index contributed by atoms with van der Waals surface area (Å²) in [7, 11) is 2.03. The second-order valence-electron chi connectivity index (χ2n) is 4.70. The largest absolute Gasteiger partial charge is 0.316 e. The Hall–Kier alpha value is -0.540. The molecular weight excluding hydrogens is 204 g/mol. The highest BCUT2D eigenvalue weighted by molar-refractivity contribution is 7.99. The number of rotatable bonds is 4. The van der Waals surface area contributed by atoms with Crippen LogP contribution in [0.3, 0.4) is 0 Å². The maximum atomic E-state index is 4.01. The van der Waals surface area contributed by atoms with Crippen molar-refractivity contribution < 1.29 is 0 Å². The first-order valence-electron chi connectivity index (χ1n) is 5.24. The SMILES string of the molecule is CNC(CSc1ccncc1)C(C)(C)C.